The molecule has 1 aliphatic rings. The molecule has 1 unspecified atom stereocenters. The Hall–Kier alpha value is -1.28. The van der Waals surface area contributed by atoms with E-state index >= 15 is 0 Å². The van der Waals surface area contributed by atoms with E-state index in [0.29, 0.717) is 5.16 Å². The van der Waals surface area contributed by atoms with Gasteiger partial charge in [0.1, 0.15) is 0 Å². The first-order valence-corrected chi connectivity index (χ1v) is 6.16. The molecule has 0 spiro atoms. The second-order valence-corrected chi connectivity index (χ2v) is 5.22. The van der Waals surface area contributed by atoms with Gasteiger partial charge in [-0.25, -0.2) is 14.7 Å². The number of H-pyrrole nitrogens is 1. The van der Waals surface area contributed by atoms with Crippen molar-refractivity contribution in [3.8, 4) is 0 Å². The molecule has 0 aliphatic heterocycles. The number of carboxylic acid groups (broad SMARTS) is 1. The van der Waals surface area contributed by atoms with E-state index in [-0.39, 0.29) is 17.5 Å². The van der Waals surface area contributed by atoms with Gasteiger partial charge >= 0.3 is 11.7 Å². The highest BCUT2D eigenvalue weighted by molar-refractivity contribution is 7.99. The van der Waals surface area contributed by atoms with Crippen LogP contribution in [0.4, 0.5) is 0 Å². The Bertz CT molecular complexity index is 489. The molecule has 1 aromatic heterocycles. The van der Waals surface area contributed by atoms with Crippen molar-refractivity contribution in [2.75, 3.05) is 5.75 Å². The minimum Gasteiger partial charge on any atom is -0.479 e. The molecule has 1 atom stereocenters. The first-order valence-electron chi connectivity index (χ1n) is 5.17. The molecule has 0 bridgehead atoms. The van der Waals surface area contributed by atoms with Crippen molar-refractivity contribution in [1.82, 2.24) is 14.8 Å². The maximum atomic E-state index is 11.4. The number of aliphatic carboxylic acids is 1. The van der Waals surface area contributed by atoms with Gasteiger partial charge in [0, 0.05) is 11.8 Å². The predicted molar refractivity (Wildman–Crippen MR) is 60.1 cm³/mol. The van der Waals surface area contributed by atoms with E-state index in [1.807, 2.05) is 0 Å². The van der Waals surface area contributed by atoms with Crippen LogP contribution in [-0.2, 0) is 4.79 Å². The summed E-state index contributed by atoms with van der Waals surface area (Å²) in [6.45, 7) is 1.22. The topological polar surface area (TPSA) is 108 Å². The normalized spacial score (nSPS) is 18.9. The lowest BCUT2D eigenvalue weighted by Crippen LogP contribution is -2.37. The molecule has 1 aromatic rings. The Kier molecular flexibility index (Phi) is 3.00. The molecule has 8 heteroatoms. The molecular formula is C9H13N3O4S. The second kappa shape index (κ2) is 4.19. The number of carboxylic acids is 1. The molecule has 1 heterocycles. The van der Waals surface area contributed by atoms with Gasteiger partial charge in [0.25, 0.3) is 0 Å². The summed E-state index contributed by atoms with van der Waals surface area (Å²) in [4.78, 5) is 22.2. The quantitative estimate of drug-likeness (QED) is 0.634. The summed E-state index contributed by atoms with van der Waals surface area (Å²) in [5.74, 6) is -1.35. The van der Waals surface area contributed by atoms with Gasteiger partial charge in [0.2, 0.25) is 0 Å². The van der Waals surface area contributed by atoms with Crippen molar-refractivity contribution in [2.24, 2.45) is 0 Å². The number of aromatic nitrogens is 3. The third-order valence-corrected chi connectivity index (χ3v) is 3.78. The second-order valence-electron chi connectivity index (χ2n) is 4.28. The zero-order chi connectivity index (χ0) is 12.6. The molecule has 0 aromatic carbocycles. The van der Waals surface area contributed by atoms with Gasteiger partial charge in [-0.3, -0.25) is 4.57 Å². The Morgan fingerprint density at radius 2 is 2.35 bits per heavy atom. The number of nitrogens with one attached hydrogen (secondary N) is 1. The zero-order valence-corrected chi connectivity index (χ0v) is 10.0. The Labute approximate surface area is 101 Å². The van der Waals surface area contributed by atoms with E-state index in [4.69, 9.17) is 5.11 Å². The van der Waals surface area contributed by atoms with Crippen LogP contribution in [0.25, 0.3) is 0 Å². The lowest BCUT2D eigenvalue weighted by molar-refractivity contribution is -0.154. The first kappa shape index (κ1) is 12.2. The van der Waals surface area contributed by atoms with Gasteiger partial charge in [-0.05, 0) is 19.8 Å². The van der Waals surface area contributed by atoms with Gasteiger partial charge in [0.05, 0.1) is 0 Å². The van der Waals surface area contributed by atoms with Crippen molar-refractivity contribution in [3.63, 3.8) is 0 Å². The van der Waals surface area contributed by atoms with Crippen molar-refractivity contribution >= 4 is 17.7 Å². The molecule has 1 saturated carbocycles. The van der Waals surface area contributed by atoms with Gasteiger partial charge in [-0.15, -0.1) is 5.10 Å². The number of rotatable bonds is 5. The number of aromatic amines is 1. The number of thioether (sulfide) groups is 1. The minimum absolute atomic E-state index is 0.0562. The molecule has 2 rings (SSSR count). The number of hydrogen-bond acceptors (Lipinski definition) is 5. The standard InChI is InChI=1S/C9H13N3O4S/c1-9(16,6(13)14)4-17-8-11-10-7(15)12(8)5-2-3-5/h5,16H,2-4H2,1H3,(H,10,15)(H,13,14). The number of carbonyl (C=O) groups is 1. The summed E-state index contributed by atoms with van der Waals surface area (Å²) in [5, 5.41) is 24.9. The van der Waals surface area contributed by atoms with Crippen LogP contribution in [0.2, 0.25) is 0 Å². The molecule has 1 aliphatic carbocycles. The van der Waals surface area contributed by atoms with Gasteiger partial charge < -0.3 is 10.2 Å². The molecular weight excluding hydrogens is 246 g/mol. The van der Waals surface area contributed by atoms with Crippen LogP contribution in [0, 0.1) is 0 Å². The lowest BCUT2D eigenvalue weighted by atomic mass is 10.1. The first-order chi connectivity index (χ1) is 7.92. The van der Waals surface area contributed by atoms with Crippen LogP contribution >= 0.6 is 11.8 Å². The maximum absolute atomic E-state index is 11.4. The van der Waals surface area contributed by atoms with Crippen molar-refractivity contribution in [1.29, 1.82) is 0 Å². The predicted octanol–water partition coefficient (Wildman–Crippen LogP) is -0.166. The highest BCUT2D eigenvalue weighted by Gasteiger charge is 2.33. The van der Waals surface area contributed by atoms with Gasteiger partial charge in [-0.1, -0.05) is 11.8 Å². The van der Waals surface area contributed by atoms with Crippen LogP contribution in [0.3, 0.4) is 0 Å². The SMILES string of the molecule is CC(O)(CSc1n[nH]c(=O)n1C1CC1)C(=O)O. The Morgan fingerprint density at radius 3 is 2.88 bits per heavy atom. The van der Waals surface area contributed by atoms with Crippen LogP contribution in [0.5, 0.6) is 0 Å². The average Bonchev–Trinajstić information content (AvgIpc) is 3.00. The Morgan fingerprint density at radius 1 is 1.71 bits per heavy atom. The fourth-order valence-corrected chi connectivity index (χ4v) is 2.33. The summed E-state index contributed by atoms with van der Waals surface area (Å²) >= 11 is 1.06. The fourth-order valence-electron chi connectivity index (χ4n) is 1.31. The summed E-state index contributed by atoms with van der Waals surface area (Å²) in [7, 11) is 0. The molecule has 0 radical (unpaired) electrons. The summed E-state index contributed by atoms with van der Waals surface area (Å²) in [6, 6.07) is 0.165. The van der Waals surface area contributed by atoms with Crippen molar-refractivity contribution in [3.05, 3.63) is 10.5 Å². The van der Waals surface area contributed by atoms with Gasteiger partial charge in [-0.2, -0.15) is 0 Å². The maximum Gasteiger partial charge on any atom is 0.344 e. The largest absolute Gasteiger partial charge is 0.479 e. The molecule has 0 amide bonds. The van der Waals surface area contributed by atoms with Crippen LogP contribution in [0.1, 0.15) is 25.8 Å². The van der Waals surface area contributed by atoms with E-state index in [1.54, 1.807) is 0 Å². The van der Waals surface area contributed by atoms with Crippen LogP contribution in [-0.4, -0.2) is 42.3 Å². The van der Waals surface area contributed by atoms with E-state index in [0.717, 1.165) is 24.6 Å². The Balaban J connectivity index is 2.09. The van der Waals surface area contributed by atoms with E-state index in [9.17, 15) is 14.7 Å². The third kappa shape index (κ3) is 2.52. The summed E-state index contributed by atoms with van der Waals surface area (Å²) in [6.07, 6.45) is 1.87. The highest BCUT2D eigenvalue weighted by atomic mass is 32.2. The molecule has 1 fully saturated rings. The van der Waals surface area contributed by atoms with E-state index in [1.165, 1.54) is 11.5 Å². The minimum atomic E-state index is -1.83. The monoisotopic (exact) mass is 259 g/mol. The smallest absolute Gasteiger partial charge is 0.344 e. The molecule has 0 saturated heterocycles. The lowest BCUT2D eigenvalue weighted by Gasteiger charge is -2.16. The highest BCUT2D eigenvalue weighted by Crippen LogP contribution is 2.36. The number of hydrogen-bond donors (Lipinski definition) is 3. The van der Waals surface area contributed by atoms with Crippen molar-refractivity contribution in [2.45, 2.75) is 36.6 Å². The summed E-state index contributed by atoms with van der Waals surface area (Å²) < 4.78 is 1.52. The van der Waals surface area contributed by atoms with Gasteiger partial charge in [0.15, 0.2) is 10.8 Å². The van der Waals surface area contributed by atoms with Crippen LogP contribution < -0.4 is 5.69 Å². The average molecular weight is 259 g/mol. The third-order valence-electron chi connectivity index (χ3n) is 2.53. The molecule has 3 N–H and O–H groups in total. The fraction of sp³-hybridized carbons (Fsp3) is 0.667. The number of aliphatic hydroxyl groups is 1. The van der Waals surface area contributed by atoms with E-state index in [2.05, 4.69) is 10.2 Å². The number of nitrogens with zero attached hydrogens (tertiary/aromatic N) is 2. The molecule has 7 nitrogen and oxygen atoms in total. The molecule has 17 heavy (non-hydrogen) atoms. The molecule has 94 valence electrons. The zero-order valence-electron chi connectivity index (χ0n) is 9.21. The van der Waals surface area contributed by atoms with Crippen LogP contribution in [0.15, 0.2) is 9.95 Å². The summed E-state index contributed by atoms with van der Waals surface area (Å²) in [5.41, 5.74) is -2.11. The van der Waals surface area contributed by atoms with Crippen molar-refractivity contribution < 1.29 is 15.0 Å². The van der Waals surface area contributed by atoms with E-state index < -0.39 is 11.6 Å².